The summed E-state index contributed by atoms with van der Waals surface area (Å²) in [4.78, 5) is 12.3. The maximum absolute atomic E-state index is 12.3. The van der Waals surface area contributed by atoms with Gasteiger partial charge in [-0.15, -0.1) is 12.4 Å². The number of amides is 1. The van der Waals surface area contributed by atoms with Gasteiger partial charge >= 0.3 is 0 Å². The van der Waals surface area contributed by atoms with E-state index < -0.39 is 5.60 Å². The molecule has 0 saturated carbocycles. The van der Waals surface area contributed by atoms with Crippen LogP contribution in [0.25, 0.3) is 0 Å². The highest BCUT2D eigenvalue weighted by Gasteiger charge is 2.39. The van der Waals surface area contributed by atoms with E-state index in [4.69, 9.17) is 9.47 Å². The Labute approximate surface area is 145 Å². The van der Waals surface area contributed by atoms with Gasteiger partial charge in [0, 0.05) is 11.6 Å². The van der Waals surface area contributed by atoms with Gasteiger partial charge < -0.3 is 20.1 Å². The highest BCUT2D eigenvalue weighted by molar-refractivity contribution is 9.10. The van der Waals surface area contributed by atoms with Crippen molar-refractivity contribution >= 4 is 34.2 Å². The van der Waals surface area contributed by atoms with E-state index in [1.54, 1.807) is 7.11 Å². The maximum atomic E-state index is 12.3. The Morgan fingerprint density at radius 3 is 2.55 bits per heavy atom. The van der Waals surface area contributed by atoms with Crippen molar-refractivity contribution in [3.63, 3.8) is 0 Å². The summed E-state index contributed by atoms with van der Waals surface area (Å²) in [6, 6.07) is 7.61. The molecule has 0 radical (unpaired) electrons. The van der Waals surface area contributed by atoms with Crippen molar-refractivity contribution in [2.24, 2.45) is 0 Å². The van der Waals surface area contributed by atoms with Crippen LogP contribution >= 0.6 is 28.3 Å². The summed E-state index contributed by atoms with van der Waals surface area (Å²) in [5.74, 6) is 0.738. The van der Waals surface area contributed by atoms with Crippen molar-refractivity contribution in [1.82, 2.24) is 10.6 Å². The predicted octanol–water partition coefficient (Wildman–Crippen LogP) is 2.13. The number of methoxy groups -OCH3 is 1. The van der Waals surface area contributed by atoms with Gasteiger partial charge in [0.25, 0.3) is 5.91 Å². The van der Waals surface area contributed by atoms with Gasteiger partial charge in [-0.05, 0) is 50.2 Å². The van der Waals surface area contributed by atoms with E-state index in [1.807, 2.05) is 24.3 Å². The van der Waals surface area contributed by atoms with Crippen LogP contribution in [-0.4, -0.2) is 44.9 Å². The van der Waals surface area contributed by atoms with Gasteiger partial charge in [-0.25, -0.2) is 0 Å². The average Bonchev–Trinajstić information content (AvgIpc) is 2.53. The number of hydrogen-bond acceptors (Lipinski definition) is 4. The number of benzene rings is 1. The number of rotatable bonds is 6. The van der Waals surface area contributed by atoms with Gasteiger partial charge in [-0.1, -0.05) is 15.9 Å². The normalized spacial score (nSPS) is 16.5. The lowest BCUT2D eigenvalue weighted by Crippen LogP contribution is -2.54. The quantitative estimate of drug-likeness (QED) is 0.727. The molecule has 1 saturated heterocycles. The number of nitrogens with one attached hydrogen (secondary N) is 2. The number of carbonyl (C=O) groups excluding carboxylic acids is 1. The number of halogens is 2. The standard InChI is InChI=1S/C15H21BrN2O3.ClH/c1-20-15(6-8-17-9-7-15)14(19)18-10-11-21-13-4-2-12(16)3-5-13;/h2-5,17H,6-11H2,1H3,(H,18,19);1H. The molecule has 0 aromatic heterocycles. The Hall–Kier alpha value is -0.820. The highest BCUT2D eigenvalue weighted by Crippen LogP contribution is 2.22. The lowest BCUT2D eigenvalue weighted by atomic mass is 9.91. The Balaban J connectivity index is 0.00000242. The minimum absolute atomic E-state index is 0. The molecule has 0 spiro atoms. The molecule has 0 atom stereocenters. The van der Waals surface area contributed by atoms with E-state index in [9.17, 15) is 4.79 Å². The van der Waals surface area contributed by atoms with Gasteiger partial charge in [0.1, 0.15) is 18.0 Å². The van der Waals surface area contributed by atoms with Crippen molar-refractivity contribution in [2.45, 2.75) is 18.4 Å². The van der Waals surface area contributed by atoms with Crippen molar-refractivity contribution in [3.8, 4) is 5.75 Å². The summed E-state index contributed by atoms with van der Waals surface area (Å²) in [6.45, 7) is 2.51. The molecule has 1 fully saturated rings. The molecule has 1 heterocycles. The monoisotopic (exact) mass is 392 g/mol. The van der Waals surface area contributed by atoms with E-state index in [0.29, 0.717) is 26.0 Å². The predicted molar refractivity (Wildman–Crippen MR) is 91.7 cm³/mol. The topological polar surface area (TPSA) is 59.6 Å². The molecule has 2 N–H and O–H groups in total. The Morgan fingerprint density at radius 2 is 1.95 bits per heavy atom. The first-order valence-corrected chi connectivity index (χ1v) is 7.88. The highest BCUT2D eigenvalue weighted by atomic mass is 79.9. The maximum Gasteiger partial charge on any atom is 0.252 e. The van der Waals surface area contributed by atoms with Gasteiger partial charge in [0.2, 0.25) is 0 Å². The van der Waals surface area contributed by atoms with Crippen LogP contribution in [0.2, 0.25) is 0 Å². The molecule has 22 heavy (non-hydrogen) atoms. The zero-order valence-corrected chi connectivity index (χ0v) is 15.0. The second-order valence-corrected chi connectivity index (χ2v) is 5.92. The molecule has 0 bridgehead atoms. The third kappa shape index (κ3) is 5.12. The fraction of sp³-hybridized carbons (Fsp3) is 0.533. The summed E-state index contributed by atoms with van der Waals surface area (Å²) < 4.78 is 12.1. The van der Waals surface area contributed by atoms with Gasteiger partial charge in [0.05, 0.1) is 6.54 Å². The smallest absolute Gasteiger partial charge is 0.252 e. The van der Waals surface area contributed by atoms with Crippen LogP contribution in [0.1, 0.15) is 12.8 Å². The number of carbonyl (C=O) groups is 1. The fourth-order valence-corrected chi connectivity index (χ4v) is 2.64. The lowest BCUT2D eigenvalue weighted by molar-refractivity contribution is -0.146. The minimum Gasteiger partial charge on any atom is -0.492 e. The van der Waals surface area contributed by atoms with Crippen molar-refractivity contribution < 1.29 is 14.3 Å². The van der Waals surface area contributed by atoms with Gasteiger partial charge in [-0.3, -0.25) is 4.79 Å². The van der Waals surface area contributed by atoms with E-state index in [1.165, 1.54) is 0 Å². The number of piperidine rings is 1. The minimum atomic E-state index is -0.692. The van der Waals surface area contributed by atoms with Crippen LogP contribution in [0.15, 0.2) is 28.7 Å². The molecule has 7 heteroatoms. The second-order valence-electron chi connectivity index (χ2n) is 5.01. The summed E-state index contributed by atoms with van der Waals surface area (Å²) in [5.41, 5.74) is -0.692. The van der Waals surface area contributed by atoms with Crippen LogP contribution in [0.5, 0.6) is 5.75 Å². The van der Waals surface area contributed by atoms with E-state index >= 15 is 0 Å². The summed E-state index contributed by atoms with van der Waals surface area (Å²) >= 11 is 3.37. The van der Waals surface area contributed by atoms with E-state index in [2.05, 4.69) is 26.6 Å². The summed E-state index contributed by atoms with van der Waals surface area (Å²) in [6.07, 6.45) is 1.39. The van der Waals surface area contributed by atoms with Crippen LogP contribution in [0, 0.1) is 0 Å². The Bertz CT molecular complexity index is 464. The Morgan fingerprint density at radius 1 is 1.32 bits per heavy atom. The molecule has 0 unspecified atom stereocenters. The molecule has 1 aliphatic rings. The van der Waals surface area contributed by atoms with Crippen molar-refractivity contribution in [2.75, 3.05) is 33.4 Å². The molecule has 0 aliphatic carbocycles. The number of hydrogen-bond donors (Lipinski definition) is 2. The van der Waals surface area contributed by atoms with E-state index in [0.717, 1.165) is 23.3 Å². The summed E-state index contributed by atoms with van der Waals surface area (Å²) in [7, 11) is 1.60. The molecule has 1 aromatic carbocycles. The first-order chi connectivity index (χ1) is 10.2. The fourth-order valence-electron chi connectivity index (χ4n) is 2.38. The molecule has 1 amide bonds. The van der Waals surface area contributed by atoms with Crippen LogP contribution < -0.4 is 15.4 Å². The van der Waals surface area contributed by atoms with Crippen LogP contribution in [0.4, 0.5) is 0 Å². The summed E-state index contributed by atoms with van der Waals surface area (Å²) in [5, 5.41) is 6.13. The van der Waals surface area contributed by atoms with Crippen molar-refractivity contribution in [3.05, 3.63) is 28.7 Å². The van der Waals surface area contributed by atoms with E-state index in [-0.39, 0.29) is 18.3 Å². The zero-order chi connectivity index (χ0) is 15.1. The molecule has 1 aromatic rings. The molecule has 1 aliphatic heterocycles. The van der Waals surface area contributed by atoms with Crippen molar-refractivity contribution in [1.29, 1.82) is 0 Å². The second kappa shape index (κ2) is 9.35. The SMILES string of the molecule is COC1(C(=O)NCCOc2ccc(Br)cc2)CCNCC1.Cl. The molecule has 5 nitrogen and oxygen atoms in total. The van der Waals surface area contributed by atoms with Crippen LogP contribution in [0.3, 0.4) is 0 Å². The molecular formula is C15H22BrClN2O3. The third-order valence-corrected chi connectivity index (χ3v) is 4.21. The lowest BCUT2D eigenvalue weighted by Gasteiger charge is -2.34. The average molecular weight is 394 g/mol. The largest absolute Gasteiger partial charge is 0.492 e. The number of ether oxygens (including phenoxy) is 2. The van der Waals surface area contributed by atoms with Crippen LogP contribution in [-0.2, 0) is 9.53 Å². The zero-order valence-electron chi connectivity index (χ0n) is 12.6. The first kappa shape index (κ1) is 19.2. The molecular weight excluding hydrogens is 372 g/mol. The molecule has 124 valence electrons. The van der Waals surface area contributed by atoms with Gasteiger partial charge in [-0.2, -0.15) is 0 Å². The Kier molecular flexibility index (Phi) is 8.17. The third-order valence-electron chi connectivity index (χ3n) is 3.69. The molecule has 2 rings (SSSR count). The van der Waals surface area contributed by atoms with Gasteiger partial charge in [0.15, 0.2) is 0 Å². The first-order valence-electron chi connectivity index (χ1n) is 7.09.